The number of anilines is 1. The van der Waals surface area contributed by atoms with Crippen molar-refractivity contribution in [2.45, 2.75) is 45.6 Å². The van der Waals surface area contributed by atoms with E-state index in [9.17, 15) is 4.39 Å². The van der Waals surface area contributed by atoms with Gasteiger partial charge in [-0.15, -0.1) is 5.10 Å². The van der Waals surface area contributed by atoms with Crippen LogP contribution in [0.3, 0.4) is 0 Å². The largest absolute Gasteiger partial charge is 0.398 e. The van der Waals surface area contributed by atoms with E-state index in [1.165, 1.54) is 37.8 Å². The Hall–Kier alpha value is -1.98. The quantitative estimate of drug-likeness (QED) is 0.878. The van der Waals surface area contributed by atoms with Crippen LogP contribution in [0.15, 0.2) is 18.2 Å². The molecule has 0 amide bonds. The third-order valence-electron chi connectivity index (χ3n) is 4.69. The van der Waals surface area contributed by atoms with Crippen molar-refractivity contribution < 1.29 is 4.39 Å². The van der Waals surface area contributed by atoms with Crippen LogP contribution in [-0.4, -0.2) is 20.2 Å². The molecule has 1 aromatic carbocycles. The van der Waals surface area contributed by atoms with Gasteiger partial charge in [0.05, 0.1) is 6.54 Å². The summed E-state index contributed by atoms with van der Waals surface area (Å²) < 4.78 is 15.3. The highest BCUT2D eigenvalue weighted by atomic mass is 19.1. The van der Waals surface area contributed by atoms with Crippen LogP contribution in [0, 0.1) is 11.2 Å². The first-order valence-corrected chi connectivity index (χ1v) is 7.45. The molecule has 0 unspecified atom stereocenters. The number of rotatable bonds is 4. The van der Waals surface area contributed by atoms with Gasteiger partial charge in [-0.3, -0.25) is 0 Å². The molecule has 0 radical (unpaired) electrons. The van der Waals surface area contributed by atoms with Crippen molar-refractivity contribution >= 4 is 5.69 Å². The molecule has 1 heterocycles. The lowest BCUT2D eigenvalue weighted by molar-refractivity contribution is 0.226. The number of nitrogen functional groups attached to an aromatic ring is 1. The van der Waals surface area contributed by atoms with E-state index in [4.69, 9.17) is 5.73 Å². The molecule has 3 rings (SSSR count). The van der Waals surface area contributed by atoms with Gasteiger partial charge in [-0.1, -0.05) is 19.8 Å². The average molecular weight is 289 g/mol. The highest BCUT2D eigenvalue weighted by molar-refractivity contribution is 5.71. The van der Waals surface area contributed by atoms with Crippen molar-refractivity contribution in [3.05, 3.63) is 24.0 Å². The first-order valence-electron chi connectivity index (χ1n) is 7.45. The zero-order valence-corrected chi connectivity index (χ0v) is 12.2. The van der Waals surface area contributed by atoms with Crippen LogP contribution in [0.5, 0.6) is 0 Å². The van der Waals surface area contributed by atoms with E-state index in [2.05, 4.69) is 22.4 Å². The van der Waals surface area contributed by atoms with Gasteiger partial charge in [0, 0.05) is 11.3 Å². The molecule has 0 atom stereocenters. The van der Waals surface area contributed by atoms with Gasteiger partial charge in [0.1, 0.15) is 5.82 Å². The third kappa shape index (κ3) is 2.62. The Morgan fingerprint density at radius 3 is 2.81 bits per heavy atom. The van der Waals surface area contributed by atoms with E-state index >= 15 is 0 Å². The summed E-state index contributed by atoms with van der Waals surface area (Å²) in [5, 5.41) is 11.9. The molecule has 0 bridgehead atoms. The summed E-state index contributed by atoms with van der Waals surface area (Å²) in [5.74, 6) is 0.214. The maximum absolute atomic E-state index is 13.5. The molecule has 0 saturated heterocycles. The minimum absolute atomic E-state index is 0.256. The highest BCUT2D eigenvalue weighted by Crippen LogP contribution is 2.42. The SMILES string of the molecule is CCC1(Cn2nnnc2-c2cc(F)ccc2N)CCCC1. The number of nitrogens with two attached hydrogens (primary N) is 1. The maximum atomic E-state index is 13.5. The summed E-state index contributed by atoms with van der Waals surface area (Å²) in [6, 6.07) is 4.29. The van der Waals surface area contributed by atoms with Gasteiger partial charge in [-0.05, 0) is 53.3 Å². The van der Waals surface area contributed by atoms with Crippen LogP contribution in [0.1, 0.15) is 39.0 Å². The fourth-order valence-corrected chi connectivity index (χ4v) is 3.29. The summed E-state index contributed by atoms with van der Waals surface area (Å²) in [5.41, 5.74) is 7.25. The van der Waals surface area contributed by atoms with E-state index in [1.54, 1.807) is 10.7 Å². The molecule has 21 heavy (non-hydrogen) atoms. The van der Waals surface area contributed by atoms with Gasteiger partial charge in [0.2, 0.25) is 0 Å². The van der Waals surface area contributed by atoms with Gasteiger partial charge < -0.3 is 5.73 Å². The fraction of sp³-hybridized carbons (Fsp3) is 0.533. The zero-order valence-electron chi connectivity index (χ0n) is 12.2. The first kappa shape index (κ1) is 14.0. The maximum Gasteiger partial charge on any atom is 0.184 e. The van der Waals surface area contributed by atoms with E-state index in [-0.39, 0.29) is 11.2 Å². The van der Waals surface area contributed by atoms with Gasteiger partial charge in [0.25, 0.3) is 0 Å². The van der Waals surface area contributed by atoms with Crippen LogP contribution in [-0.2, 0) is 6.54 Å². The molecular formula is C15H20FN5. The molecular weight excluding hydrogens is 269 g/mol. The molecule has 1 aliphatic rings. The molecule has 0 spiro atoms. The van der Waals surface area contributed by atoms with Crippen molar-refractivity contribution in [3.63, 3.8) is 0 Å². The summed E-state index contributed by atoms with van der Waals surface area (Å²) in [6.07, 6.45) is 6.01. The van der Waals surface area contributed by atoms with Crippen LogP contribution >= 0.6 is 0 Å². The van der Waals surface area contributed by atoms with Crippen LogP contribution in [0.25, 0.3) is 11.4 Å². The Morgan fingerprint density at radius 1 is 1.33 bits per heavy atom. The minimum Gasteiger partial charge on any atom is -0.398 e. The molecule has 5 nitrogen and oxygen atoms in total. The van der Waals surface area contributed by atoms with E-state index in [0.717, 1.165) is 13.0 Å². The first-order chi connectivity index (χ1) is 10.1. The van der Waals surface area contributed by atoms with Crippen molar-refractivity contribution in [1.82, 2.24) is 20.2 Å². The number of nitrogens with zero attached hydrogens (tertiary/aromatic N) is 4. The van der Waals surface area contributed by atoms with Gasteiger partial charge in [0.15, 0.2) is 5.82 Å². The third-order valence-corrected chi connectivity index (χ3v) is 4.69. The number of hydrogen-bond donors (Lipinski definition) is 1. The van der Waals surface area contributed by atoms with E-state index < -0.39 is 0 Å². The normalized spacial score (nSPS) is 17.2. The monoisotopic (exact) mass is 289 g/mol. The summed E-state index contributed by atoms with van der Waals surface area (Å²) in [7, 11) is 0. The number of tetrazole rings is 1. The van der Waals surface area contributed by atoms with Gasteiger partial charge in [-0.2, -0.15) is 0 Å². The molecule has 2 aromatic rings. The molecule has 0 aliphatic heterocycles. The predicted octanol–water partition coefficient (Wildman–Crippen LogP) is 3.03. The fourth-order valence-electron chi connectivity index (χ4n) is 3.29. The minimum atomic E-state index is -0.333. The second-order valence-electron chi connectivity index (χ2n) is 5.95. The molecule has 1 aliphatic carbocycles. The van der Waals surface area contributed by atoms with Crippen molar-refractivity contribution in [3.8, 4) is 11.4 Å². The smallest absolute Gasteiger partial charge is 0.184 e. The van der Waals surface area contributed by atoms with Gasteiger partial charge >= 0.3 is 0 Å². The molecule has 1 fully saturated rings. The van der Waals surface area contributed by atoms with E-state index in [1.807, 2.05) is 0 Å². The molecule has 2 N–H and O–H groups in total. The second-order valence-corrected chi connectivity index (χ2v) is 5.95. The number of benzene rings is 1. The van der Waals surface area contributed by atoms with Crippen molar-refractivity contribution in [1.29, 1.82) is 0 Å². The lowest BCUT2D eigenvalue weighted by Crippen LogP contribution is -2.24. The number of halogens is 1. The topological polar surface area (TPSA) is 69.6 Å². The zero-order chi connectivity index (χ0) is 14.9. The summed E-state index contributed by atoms with van der Waals surface area (Å²) in [6.45, 7) is 2.98. The van der Waals surface area contributed by atoms with Crippen LogP contribution in [0.2, 0.25) is 0 Å². The molecule has 112 valence electrons. The molecule has 1 saturated carbocycles. The lowest BCUT2D eigenvalue weighted by Gasteiger charge is -2.27. The molecule has 1 aromatic heterocycles. The number of aromatic nitrogens is 4. The van der Waals surface area contributed by atoms with Gasteiger partial charge in [-0.25, -0.2) is 9.07 Å². The Balaban J connectivity index is 1.96. The number of hydrogen-bond acceptors (Lipinski definition) is 4. The van der Waals surface area contributed by atoms with Crippen molar-refractivity contribution in [2.24, 2.45) is 5.41 Å². The molecule has 6 heteroatoms. The Bertz CT molecular complexity index is 631. The Morgan fingerprint density at radius 2 is 2.10 bits per heavy atom. The predicted molar refractivity (Wildman–Crippen MR) is 78.8 cm³/mol. The standard InChI is InChI=1S/C15H20FN5/c1-2-15(7-3-4-8-15)10-21-14(18-19-20-21)12-9-11(16)5-6-13(12)17/h5-6,9H,2-4,7-8,10,17H2,1H3. The van der Waals surface area contributed by atoms with Crippen LogP contribution in [0.4, 0.5) is 10.1 Å². The second kappa shape index (κ2) is 5.42. The Labute approximate surface area is 123 Å². The average Bonchev–Trinajstić information content (AvgIpc) is 3.12. The summed E-state index contributed by atoms with van der Waals surface area (Å²) >= 11 is 0. The Kier molecular flexibility index (Phi) is 3.61. The van der Waals surface area contributed by atoms with Crippen LogP contribution < -0.4 is 5.73 Å². The highest BCUT2D eigenvalue weighted by Gasteiger charge is 2.33. The van der Waals surface area contributed by atoms with Crippen molar-refractivity contribution in [2.75, 3.05) is 5.73 Å². The summed E-state index contributed by atoms with van der Waals surface area (Å²) in [4.78, 5) is 0. The van der Waals surface area contributed by atoms with E-state index in [0.29, 0.717) is 17.1 Å². The lowest BCUT2D eigenvalue weighted by atomic mass is 9.83.